The quantitative estimate of drug-likeness (QED) is 0.288. The highest BCUT2D eigenvalue weighted by molar-refractivity contribution is 6.34. The predicted octanol–water partition coefficient (Wildman–Crippen LogP) is 5.76. The van der Waals surface area contributed by atoms with E-state index in [1.165, 1.54) is 12.0 Å². The molecule has 0 atom stereocenters. The molecular weight excluding hydrogens is 480 g/mol. The number of halogens is 1. The second kappa shape index (κ2) is 11.1. The molecule has 8 heteroatoms. The Hall–Kier alpha value is -4.10. The Kier molecular flexibility index (Phi) is 7.71. The van der Waals surface area contributed by atoms with Gasteiger partial charge in [-0.25, -0.2) is 9.79 Å². The number of anilines is 1. The van der Waals surface area contributed by atoms with Crippen molar-refractivity contribution in [1.29, 1.82) is 0 Å². The summed E-state index contributed by atoms with van der Waals surface area (Å²) in [6.45, 7) is 4.79. The van der Waals surface area contributed by atoms with Crippen molar-refractivity contribution >= 4 is 41.1 Å². The first-order valence-electron chi connectivity index (χ1n) is 11.4. The molecule has 0 bridgehead atoms. The Morgan fingerprint density at radius 3 is 2.25 bits per heavy atom. The van der Waals surface area contributed by atoms with Gasteiger partial charge >= 0.3 is 5.97 Å². The Bertz CT molecular complexity index is 1330. The van der Waals surface area contributed by atoms with Crippen molar-refractivity contribution < 1.29 is 23.8 Å². The standard InChI is InChI=1S/C28H25ClN2O5/c1-4-35-24-15-6-18(17-25(24)36-5-2)16-23-27(32)31(22-13-9-20(10-14-22)28(33)34-3)26(30-23)19-7-11-21(29)12-8-19/h6-17H,4-5H2,1-3H3/b23-16+. The van der Waals surface area contributed by atoms with E-state index in [0.717, 1.165) is 11.1 Å². The summed E-state index contributed by atoms with van der Waals surface area (Å²) < 4.78 is 16.1. The minimum absolute atomic E-state index is 0.253. The molecule has 3 aromatic rings. The number of nitrogens with zero attached hydrogens (tertiary/aromatic N) is 2. The maximum absolute atomic E-state index is 13.6. The van der Waals surface area contributed by atoms with Gasteiger partial charge in [-0.1, -0.05) is 17.7 Å². The number of benzene rings is 3. The van der Waals surface area contributed by atoms with E-state index in [4.69, 9.17) is 25.8 Å². The Balaban J connectivity index is 1.76. The topological polar surface area (TPSA) is 77.4 Å². The molecule has 0 saturated carbocycles. The van der Waals surface area contributed by atoms with Gasteiger partial charge in [0.2, 0.25) is 0 Å². The molecule has 1 aliphatic heterocycles. The normalized spacial score (nSPS) is 14.1. The Labute approximate surface area is 214 Å². The average molecular weight is 505 g/mol. The molecule has 4 rings (SSSR count). The lowest BCUT2D eigenvalue weighted by atomic mass is 10.1. The zero-order valence-corrected chi connectivity index (χ0v) is 20.9. The summed E-state index contributed by atoms with van der Waals surface area (Å²) in [5, 5.41) is 0.575. The van der Waals surface area contributed by atoms with Crippen LogP contribution in [-0.4, -0.2) is 38.0 Å². The van der Waals surface area contributed by atoms with Crippen LogP contribution >= 0.6 is 11.6 Å². The minimum Gasteiger partial charge on any atom is -0.490 e. The lowest BCUT2D eigenvalue weighted by molar-refractivity contribution is -0.113. The molecule has 184 valence electrons. The highest BCUT2D eigenvalue weighted by Crippen LogP contribution is 2.32. The van der Waals surface area contributed by atoms with Crippen LogP contribution in [0.3, 0.4) is 0 Å². The van der Waals surface area contributed by atoms with Gasteiger partial charge in [-0.2, -0.15) is 0 Å². The summed E-state index contributed by atoms with van der Waals surface area (Å²) in [5.41, 5.74) is 2.66. The molecule has 1 aliphatic rings. The minimum atomic E-state index is -0.456. The van der Waals surface area contributed by atoms with Crippen molar-refractivity contribution in [1.82, 2.24) is 0 Å². The number of rotatable bonds is 8. The Morgan fingerprint density at radius 2 is 1.61 bits per heavy atom. The highest BCUT2D eigenvalue weighted by Gasteiger charge is 2.32. The van der Waals surface area contributed by atoms with E-state index in [1.54, 1.807) is 54.6 Å². The molecule has 7 nitrogen and oxygen atoms in total. The fourth-order valence-electron chi connectivity index (χ4n) is 3.73. The number of carbonyl (C=O) groups is 2. The lowest BCUT2D eigenvalue weighted by Crippen LogP contribution is -2.32. The summed E-state index contributed by atoms with van der Waals surface area (Å²) in [7, 11) is 1.32. The van der Waals surface area contributed by atoms with Crippen LogP contribution in [0.4, 0.5) is 5.69 Å². The largest absolute Gasteiger partial charge is 0.490 e. The van der Waals surface area contributed by atoms with Crippen LogP contribution in [0.5, 0.6) is 11.5 Å². The summed E-state index contributed by atoms with van der Waals surface area (Å²) in [6.07, 6.45) is 1.71. The van der Waals surface area contributed by atoms with Gasteiger partial charge in [0.1, 0.15) is 11.5 Å². The third-order valence-electron chi connectivity index (χ3n) is 5.38. The van der Waals surface area contributed by atoms with Crippen molar-refractivity contribution in [3.63, 3.8) is 0 Å². The van der Waals surface area contributed by atoms with Crippen LogP contribution in [0.25, 0.3) is 6.08 Å². The highest BCUT2D eigenvalue weighted by atomic mass is 35.5. The molecular formula is C28H25ClN2O5. The molecule has 1 amide bonds. The van der Waals surface area contributed by atoms with E-state index in [2.05, 4.69) is 4.99 Å². The van der Waals surface area contributed by atoms with E-state index >= 15 is 0 Å². The molecule has 0 aromatic heterocycles. The molecule has 36 heavy (non-hydrogen) atoms. The molecule has 3 aromatic carbocycles. The first-order valence-corrected chi connectivity index (χ1v) is 11.8. The predicted molar refractivity (Wildman–Crippen MR) is 140 cm³/mol. The molecule has 0 radical (unpaired) electrons. The van der Waals surface area contributed by atoms with Crippen molar-refractivity contribution in [3.8, 4) is 11.5 Å². The van der Waals surface area contributed by atoms with Crippen LogP contribution < -0.4 is 14.4 Å². The summed E-state index contributed by atoms with van der Waals surface area (Å²) >= 11 is 6.08. The number of methoxy groups -OCH3 is 1. The molecule has 0 spiro atoms. The maximum atomic E-state index is 13.6. The molecule has 0 N–H and O–H groups in total. The van der Waals surface area contributed by atoms with Gasteiger partial charge in [0.15, 0.2) is 11.5 Å². The van der Waals surface area contributed by atoms with E-state index < -0.39 is 5.97 Å². The number of hydrogen-bond donors (Lipinski definition) is 0. The third-order valence-corrected chi connectivity index (χ3v) is 5.63. The van der Waals surface area contributed by atoms with Crippen molar-refractivity contribution in [2.75, 3.05) is 25.2 Å². The second-order valence-electron chi connectivity index (χ2n) is 7.72. The number of carbonyl (C=O) groups excluding carboxylic acids is 2. The monoisotopic (exact) mass is 504 g/mol. The molecule has 0 saturated heterocycles. The van der Waals surface area contributed by atoms with Crippen molar-refractivity contribution in [2.45, 2.75) is 13.8 Å². The number of amides is 1. The number of ether oxygens (including phenoxy) is 3. The van der Waals surface area contributed by atoms with Gasteiger partial charge in [0, 0.05) is 10.6 Å². The van der Waals surface area contributed by atoms with Crippen LogP contribution in [0.1, 0.15) is 35.3 Å². The van der Waals surface area contributed by atoms with Crippen molar-refractivity contribution in [3.05, 3.63) is 94.1 Å². The van der Waals surface area contributed by atoms with Gasteiger partial charge < -0.3 is 14.2 Å². The van der Waals surface area contributed by atoms with Crippen LogP contribution in [0.2, 0.25) is 5.02 Å². The van der Waals surface area contributed by atoms with Crippen LogP contribution in [-0.2, 0) is 9.53 Å². The van der Waals surface area contributed by atoms with E-state index in [-0.39, 0.29) is 11.6 Å². The van der Waals surface area contributed by atoms with Gasteiger partial charge in [-0.05, 0) is 86.2 Å². The van der Waals surface area contributed by atoms with E-state index in [1.807, 2.05) is 32.0 Å². The van der Waals surface area contributed by atoms with Gasteiger partial charge in [-0.3, -0.25) is 9.69 Å². The SMILES string of the molecule is CCOc1ccc(/C=C2/N=C(c3ccc(Cl)cc3)N(c3ccc(C(=O)OC)cc3)C2=O)cc1OCC. The third kappa shape index (κ3) is 5.26. The fourth-order valence-corrected chi connectivity index (χ4v) is 3.85. The van der Waals surface area contributed by atoms with Gasteiger partial charge in [0.05, 0.1) is 31.6 Å². The summed E-state index contributed by atoms with van der Waals surface area (Å²) in [5.74, 6) is 0.914. The number of amidine groups is 1. The maximum Gasteiger partial charge on any atom is 0.337 e. The number of hydrogen-bond acceptors (Lipinski definition) is 6. The first kappa shape index (κ1) is 25.0. The molecule has 0 aliphatic carbocycles. The van der Waals surface area contributed by atoms with Crippen molar-refractivity contribution in [2.24, 2.45) is 4.99 Å². The number of aliphatic imine (C=N–C) groups is 1. The summed E-state index contributed by atoms with van der Waals surface area (Å²) in [6, 6.07) is 19.1. The van der Waals surface area contributed by atoms with E-state index in [9.17, 15) is 9.59 Å². The summed E-state index contributed by atoms with van der Waals surface area (Å²) in [4.78, 5) is 31.6. The average Bonchev–Trinajstić information content (AvgIpc) is 3.21. The first-order chi connectivity index (χ1) is 17.4. The van der Waals surface area contributed by atoms with Gasteiger partial charge in [-0.15, -0.1) is 0 Å². The zero-order chi connectivity index (χ0) is 25.7. The second-order valence-corrected chi connectivity index (χ2v) is 8.16. The molecule has 0 unspecified atom stereocenters. The molecule has 1 heterocycles. The zero-order valence-electron chi connectivity index (χ0n) is 20.2. The lowest BCUT2D eigenvalue weighted by Gasteiger charge is -2.19. The molecule has 0 fully saturated rings. The Morgan fingerprint density at radius 1 is 0.944 bits per heavy atom. The fraction of sp³-hybridized carbons (Fsp3) is 0.179. The van der Waals surface area contributed by atoms with E-state index in [0.29, 0.717) is 46.8 Å². The smallest absolute Gasteiger partial charge is 0.337 e. The van der Waals surface area contributed by atoms with Gasteiger partial charge in [0.25, 0.3) is 5.91 Å². The van der Waals surface area contributed by atoms with Crippen LogP contribution in [0, 0.1) is 0 Å². The van der Waals surface area contributed by atoms with Crippen LogP contribution in [0.15, 0.2) is 77.4 Å². The number of esters is 1.